The summed E-state index contributed by atoms with van der Waals surface area (Å²) in [5.41, 5.74) is 18.2. The Morgan fingerprint density at radius 3 is 2.36 bits per heavy atom. The van der Waals surface area contributed by atoms with Crippen LogP contribution in [0.25, 0.3) is 51.6 Å². The molecule has 3 aliphatic rings. The van der Waals surface area contributed by atoms with Crippen molar-refractivity contribution in [2.45, 2.75) is 73.1 Å². The van der Waals surface area contributed by atoms with E-state index in [4.69, 9.17) is 0 Å². The number of aryl methyl sites for hydroxylation is 2. The van der Waals surface area contributed by atoms with Gasteiger partial charge >= 0.3 is 0 Å². The molecule has 0 radical (unpaired) electrons. The summed E-state index contributed by atoms with van der Waals surface area (Å²) < 4.78 is 4.90. The van der Waals surface area contributed by atoms with E-state index in [0.717, 1.165) is 38.6 Å². The van der Waals surface area contributed by atoms with Crippen LogP contribution in [0.1, 0.15) is 85.8 Å². The molecular weight excluding hydrogens is 645 g/mol. The Bertz CT molecular complexity index is 2360. The molecule has 268 valence electrons. The van der Waals surface area contributed by atoms with Gasteiger partial charge in [0.05, 0.1) is 22.6 Å². The first-order chi connectivity index (χ1) is 26.0. The Kier molecular flexibility index (Phi) is 9.79. The van der Waals surface area contributed by atoms with Gasteiger partial charge in [0.25, 0.3) is 0 Å². The second kappa shape index (κ2) is 14.9. The van der Waals surface area contributed by atoms with Gasteiger partial charge in [-0.05, 0) is 142 Å². The van der Waals surface area contributed by atoms with Crippen LogP contribution in [-0.4, -0.2) is 20.7 Å². The molecule has 0 amide bonds. The van der Waals surface area contributed by atoms with E-state index in [9.17, 15) is 0 Å². The number of aromatic nitrogens is 3. The fourth-order valence-corrected chi connectivity index (χ4v) is 8.69. The van der Waals surface area contributed by atoms with Gasteiger partial charge in [0.2, 0.25) is 0 Å². The van der Waals surface area contributed by atoms with Crippen LogP contribution in [0.3, 0.4) is 0 Å². The highest BCUT2D eigenvalue weighted by Gasteiger charge is 2.28. The monoisotopic (exact) mass is 696 g/mol. The molecule has 0 bridgehead atoms. The van der Waals surface area contributed by atoms with E-state index in [2.05, 4.69) is 170 Å². The lowest BCUT2D eigenvalue weighted by Crippen LogP contribution is -2.11. The van der Waals surface area contributed by atoms with Crippen molar-refractivity contribution in [1.82, 2.24) is 14.1 Å². The highest BCUT2D eigenvalue weighted by Crippen LogP contribution is 2.42. The van der Waals surface area contributed by atoms with Crippen LogP contribution < -0.4 is 5.32 Å². The number of rotatable bonds is 10. The predicted octanol–water partition coefficient (Wildman–Crippen LogP) is 12.6. The maximum absolute atomic E-state index is 4.55. The number of benzene rings is 2. The van der Waals surface area contributed by atoms with Gasteiger partial charge in [-0.1, -0.05) is 79.7 Å². The van der Waals surface area contributed by atoms with Gasteiger partial charge in [-0.2, -0.15) is 0 Å². The molecule has 0 saturated heterocycles. The van der Waals surface area contributed by atoms with Crippen LogP contribution >= 0.6 is 0 Å². The molecule has 0 spiro atoms. The van der Waals surface area contributed by atoms with Crippen LogP contribution in [0.5, 0.6) is 0 Å². The highest BCUT2D eigenvalue weighted by atomic mass is 15.1. The molecule has 4 heteroatoms. The third kappa shape index (κ3) is 6.50. The first kappa shape index (κ1) is 34.7. The smallest absolute Gasteiger partial charge is 0.0694 e. The van der Waals surface area contributed by atoms with Gasteiger partial charge in [0.15, 0.2) is 0 Å². The second-order valence-electron chi connectivity index (χ2n) is 15.1. The zero-order valence-electron chi connectivity index (χ0n) is 32.0. The van der Waals surface area contributed by atoms with Crippen molar-refractivity contribution in [3.63, 3.8) is 0 Å². The molecule has 2 unspecified atom stereocenters. The van der Waals surface area contributed by atoms with E-state index in [1.165, 1.54) is 90.4 Å². The molecule has 8 rings (SSSR count). The molecule has 0 fully saturated rings. The van der Waals surface area contributed by atoms with Crippen molar-refractivity contribution in [3.05, 3.63) is 148 Å². The number of allylic oxidation sites excluding steroid dienone is 8. The number of nitrogens with one attached hydrogen (secondary N) is 1. The highest BCUT2D eigenvalue weighted by molar-refractivity contribution is 5.90. The van der Waals surface area contributed by atoms with Crippen LogP contribution in [0.2, 0.25) is 0 Å². The number of pyridine rings is 1. The molecule has 2 atom stereocenters. The average Bonchev–Trinajstić information content (AvgIpc) is 3.69. The van der Waals surface area contributed by atoms with E-state index in [0.29, 0.717) is 11.8 Å². The minimum absolute atomic E-state index is 0.424. The predicted molar refractivity (Wildman–Crippen MR) is 227 cm³/mol. The van der Waals surface area contributed by atoms with Crippen molar-refractivity contribution in [2.24, 2.45) is 11.8 Å². The number of nitrogens with zero attached hydrogens (tertiary/aromatic N) is 3. The number of hydrogen-bond donors (Lipinski definition) is 1. The lowest BCUT2D eigenvalue weighted by atomic mass is 9.87. The van der Waals surface area contributed by atoms with Crippen LogP contribution in [0.15, 0.2) is 109 Å². The van der Waals surface area contributed by atoms with Crippen molar-refractivity contribution in [1.29, 1.82) is 0 Å². The van der Waals surface area contributed by atoms with E-state index in [-0.39, 0.29) is 0 Å². The molecule has 3 aromatic heterocycles. The molecule has 1 aliphatic heterocycles. The molecule has 53 heavy (non-hydrogen) atoms. The Hall–Kier alpha value is -5.35. The number of fused-ring (bicyclic) bond motifs is 6. The molecule has 5 aromatic rings. The number of anilines is 1. The molecule has 0 saturated carbocycles. The Balaban J connectivity index is 1.11. The standard InChI is InChI=1S/C49H52N4/c1-6-8-10-12-15-36-17-23-45-42(30-36)44-32-50-27-25-47(44)52(45)38-19-21-40(34(4)28-38)41-22-20-39(29-35(41)5)53-46-24-18-37(33(3)14-11-9-7-2)31-43(46)49-48(53)16-13-26-51-49/h7,9-10,12-14,16-25,27-29,32,36-37,51H,6,8,11,15,26,30-31H2,1-5H3. The topological polar surface area (TPSA) is 34.8 Å². The Morgan fingerprint density at radius 2 is 1.60 bits per heavy atom. The van der Waals surface area contributed by atoms with Gasteiger partial charge in [-0.3, -0.25) is 4.98 Å². The third-order valence-electron chi connectivity index (χ3n) is 11.5. The van der Waals surface area contributed by atoms with Gasteiger partial charge in [0, 0.05) is 52.9 Å². The second-order valence-corrected chi connectivity index (χ2v) is 15.1. The first-order valence-electron chi connectivity index (χ1n) is 19.6. The molecule has 2 aliphatic carbocycles. The number of unbranched alkanes of at least 4 members (excludes halogenated alkanes) is 1. The molecule has 4 heterocycles. The summed E-state index contributed by atoms with van der Waals surface area (Å²) in [6.45, 7) is 12.0. The molecule has 4 nitrogen and oxygen atoms in total. The normalized spacial score (nSPS) is 17.9. The first-order valence-corrected chi connectivity index (χ1v) is 19.6. The molecule has 1 N–H and O–H groups in total. The van der Waals surface area contributed by atoms with Crippen molar-refractivity contribution < 1.29 is 0 Å². The summed E-state index contributed by atoms with van der Waals surface area (Å²) in [6, 6.07) is 16.2. The summed E-state index contributed by atoms with van der Waals surface area (Å²) in [5.74, 6) is 0.945. The van der Waals surface area contributed by atoms with E-state index in [1.807, 2.05) is 6.20 Å². The van der Waals surface area contributed by atoms with Crippen molar-refractivity contribution in [2.75, 3.05) is 11.9 Å². The van der Waals surface area contributed by atoms with E-state index >= 15 is 0 Å². The summed E-state index contributed by atoms with van der Waals surface area (Å²) in [4.78, 5) is 4.55. The van der Waals surface area contributed by atoms with E-state index < -0.39 is 0 Å². The minimum atomic E-state index is 0.424. The Labute approximate surface area is 315 Å². The SMILES string of the molecule is CC=CCC=C(C)C1C=Cc2c(c3c(n2-c2ccc(-c4ccc(-n5c6c(c7cnccc75)CC(CC=CCCC)C=C6)cc4C)c(C)c2)C=CCN3)C1. The summed E-state index contributed by atoms with van der Waals surface area (Å²) >= 11 is 0. The van der Waals surface area contributed by atoms with Gasteiger partial charge in [0.1, 0.15) is 0 Å². The van der Waals surface area contributed by atoms with Gasteiger partial charge in [-0.25, -0.2) is 0 Å². The maximum atomic E-state index is 4.55. The van der Waals surface area contributed by atoms with Gasteiger partial charge in [-0.15, -0.1) is 0 Å². The number of hydrogen-bond acceptors (Lipinski definition) is 2. The third-order valence-corrected chi connectivity index (χ3v) is 11.5. The average molecular weight is 697 g/mol. The van der Waals surface area contributed by atoms with Gasteiger partial charge < -0.3 is 14.5 Å². The fraction of sp³-hybridized carbons (Fsp3) is 0.286. The molecule has 2 aromatic carbocycles. The largest absolute Gasteiger partial charge is 0.380 e. The van der Waals surface area contributed by atoms with Crippen LogP contribution in [-0.2, 0) is 12.8 Å². The van der Waals surface area contributed by atoms with Crippen LogP contribution in [0.4, 0.5) is 5.69 Å². The van der Waals surface area contributed by atoms with Crippen LogP contribution in [0, 0.1) is 25.7 Å². The quantitative estimate of drug-likeness (QED) is 0.148. The van der Waals surface area contributed by atoms with Crippen molar-refractivity contribution >= 4 is 34.8 Å². The minimum Gasteiger partial charge on any atom is -0.380 e. The zero-order chi connectivity index (χ0) is 36.5. The van der Waals surface area contributed by atoms with Crippen molar-refractivity contribution in [3.8, 4) is 22.5 Å². The lowest BCUT2D eigenvalue weighted by molar-refractivity contribution is 0.653. The van der Waals surface area contributed by atoms with E-state index in [1.54, 1.807) is 0 Å². The summed E-state index contributed by atoms with van der Waals surface area (Å²) in [7, 11) is 0. The maximum Gasteiger partial charge on any atom is 0.0694 e. The molecular formula is C49H52N4. The summed E-state index contributed by atoms with van der Waals surface area (Å²) in [6.07, 6.45) is 36.0. The summed E-state index contributed by atoms with van der Waals surface area (Å²) in [5, 5.41) is 5.00. The zero-order valence-corrected chi connectivity index (χ0v) is 32.0. The lowest BCUT2D eigenvalue weighted by Gasteiger charge is -2.21. The fourth-order valence-electron chi connectivity index (χ4n) is 8.69. The Morgan fingerprint density at radius 1 is 0.849 bits per heavy atom.